The topological polar surface area (TPSA) is 72.8 Å². The molecule has 6 heteroatoms. The molecule has 0 amide bonds. The van der Waals surface area contributed by atoms with E-state index in [1.807, 2.05) is 16.8 Å². The van der Waals surface area contributed by atoms with Crippen LogP contribution < -0.4 is 10.5 Å². The Hall–Kier alpha value is -2.08. The summed E-state index contributed by atoms with van der Waals surface area (Å²) >= 11 is 6.25. The second-order valence-electron chi connectivity index (χ2n) is 5.97. The van der Waals surface area contributed by atoms with Crippen LogP contribution in [-0.4, -0.2) is 28.1 Å². The van der Waals surface area contributed by atoms with E-state index in [1.54, 1.807) is 19.2 Å². The van der Waals surface area contributed by atoms with Crippen LogP contribution >= 0.6 is 11.6 Å². The lowest BCUT2D eigenvalue weighted by atomic mass is 10.1. The summed E-state index contributed by atoms with van der Waals surface area (Å²) in [5, 5.41) is 10.2. The number of imidazole rings is 1. The number of rotatable bonds is 7. The van der Waals surface area contributed by atoms with Gasteiger partial charge in [-0.05, 0) is 61.2 Å². The third-order valence-electron chi connectivity index (χ3n) is 4.27. The smallest absolute Gasteiger partial charge is 0.137 e. The van der Waals surface area contributed by atoms with Crippen LogP contribution in [0.2, 0.25) is 5.02 Å². The van der Waals surface area contributed by atoms with Crippen LogP contribution in [-0.2, 0) is 13.0 Å². The van der Waals surface area contributed by atoms with Gasteiger partial charge in [0.15, 0.2) is 0 Å². The molecule has 0 aliphatic heterocycles. The first-order valence-electron chi connectivity index (χ1n) is 8.31. The quantitative estimate of drug-likeness (QED) is 0.634. The predicted octanol–water partition coefficient (Wildman–Crippen LogP) is 3.44. The van der Waals surface area contributed by atoms with Crippen LogP contribution in [0.25, 0.3) is 16.9 Å². The number of nitrogens with two attached hydrogens (primary N) is 1. The fourth-order valence-corrected chi connectivity index (χ4v) is 3.14. The minimum Gasteiger partial charge on any atom is -0.495 e. The molecule has 132 valence electrons. The van der Waals surface area contributed by atoms with E-state index in [2.05, 4.69) is 12.1 Å². The number of hydrogen-bond acceptors (Lipinski definition) is 4. The number of fused-ring (bicyclic) bond motifs is 1. The minimum absolute atomic E-state index is 0.110. The van der Waals surface area contributed by atoms with Gasteiger partial charge in [-0.1, -0.05) is 11.6 Å². The van der Waals surface area contributed by atoms with Gasteiger partial charge in [0, 0.05) is 18.0 Å². The second kappa shape index (κ2) is 7.87. The number of aryl methyl sites for hydroxylation is 1. The van der Waals surface area contributed by atoms with Gasteiger partial charge < -0.3 is 20.0 Å². The number of ether oxygens (including phenoxy) is 1. The highest BCUT2D eigenvalue weighted by molar-refractivity contribution is 6.32. The summed E-state index contributed by atoms with van der Waals surface area (Å²) in [6.07, 6.45) is 7.04. The average Bonchev–Trinajstić information content (AvgIpc) is 3.05. The zero-order chi connectivity index (χ0) is 17.8. The van der Waals surface area contributed by atoms with Crippen LogP contribution in [0, 0.1) is 0 Å². The molecule has 0 aliphatic carbocycles. The van der Waals surface area contributed by atoms with Gasteiger partial charge in [-0.25, -0.2) is 4.98 Å². The minimum atomic E-state index is -0.110. The Kier molecular flexibility index (Phi) is 5.58. The Morgan fingerprint density at radius 3 is 2.84 bits per heavy atom. The number of unbranched alkanes of at least 4 members (excludes halogenated alkanes) is 1. The molecular formula is C19H22ClN3O2. The SMILES string of the molecule is COc1cc(CO)c(-c2cn3ccc(CCCCN)cc3n2)cc1Cl. The van der Waals surface area contributed by atoms with Gasteiger partial charge in [0.1, 0.15) is 11.4 Å². The Labute approximate surface area is 152 Å². The molecule has 3 aromatic rings. The Morgan fingerprint density at radius 1 is 1.28 bits per heavy atom. The molecule has 3 rings (SSSR count). The van der Waals surface area contributed by atoms with E-state index in [4.69, 9.17) is 27.1 Å². The Morgan fingerprint density at radius 2 is 2.12 bits per heavy atom. The number of hydrogen-bond donors (Lipinski definition) is 2. The van der Waals surface area contributed by atoms with Crippen molar-refractivity contribution in [1.82, 2.24) is 9.38 Å². The molecule has 2 aromatic heterocycles. The van der Waals surface area contributed by atoms with Crippen molar-refractivity contribution in [2.75, 3.05) is 13.7 Å². The van der Waals surface area contributed by atoms with E-state index in [-0.39, 0.29) is 6.61 Å². The number of halogens is 1. The van der Waals surface area contributed by atoms with Crippen molar-refractivity contribution in [2.24, 2.45) is 5.73 Å². The lowest BCUT2D eigenvalue weighted by molar-refractivity contribution is 0.281. The number of pyridine rings is 1. The van der Waals surface area contributed by atoms with Gasteiger partial charge in [-0.2, -0.15) is 0 Å². The van der Waals surface area contributed by atoms with E-state index >= 15 is 0 Å². The summed E-state index contributed by atoms with van der Waals surface area (Å²) in [4.78, 5) is 4.70. The lowest BCUT2D eigenvalue weighted by Crippen LogP contribution is -1.99. The van der Waals surface area contributed by atoms with Crippen molar-refractivity contribution < 1.29 is 9.84 Å². The molecule has 0 atom stereocenters. The van der Waals surface area contributed by atoms with Crippen LogP contribution in [0.4, 0.5) is 0 Å². The number of aromatic nitrogens is 2. The fraction of sp³-hybridized carbons (Fsp3) is 0.316. The second-order valence-corrected chi connectivity index (χ2v) is 6.38. The van der Waals surface area contributed by atoms with Gasteiger partial charge in [-0.15, -0.1) is 0 Å². The first-order chi connectivity index (χ1) is 12.2. The summed E-state index contributed by atoms with van der Waals surface area (Å²) in [6.45, 7) is 0.610. The van der Waals surface area contributed by atoms with E-state index in [9.17, 15) is 5.11 Å². The molecule has 0 aliphatic rings. The Bertz CT molecular complexity index is 876. The highest BCUT2D eigenvalue weighted by atomic mass is 35.5. The fourth-order valence-electron chi connectivity index (χ4n) is 2.90. The molecule has 0 unspecified atom stereocenters. The maximum Gasteiger partial charge on any atom is 0.137 e. The largest absolute Gasteiger partial charge is 0.495 e. The molecule has 0 fully saturated rings. The van der Waals surface area contributed by atoms with Crippen LogP contribution in [0.1, 0.15) is 24.0 Å². The molecule has 0 radical (unpaired) electrons. The molecule has 0 saturated heterocycles. The summed E-state index contributed by atoms with van der Waals surface area (Å²) in [6, 6.07) is 7.72. The highest BCUT2D eigenvalue weighted by Gasteiger charge is 2.13. The molecule has 0 bridgehead atoms. The van der Waals surface area contributed by atoms with Gasteiger partial charge in [-0.3, -0.25) is 0 Å². The van der Waals surface area contributed by atoms with E-state index in [1.165, 1.54) is 5.56 Å². The zero-order valence-electron chi connectivity index (χ0n) is 14.2. The van der Waals surface area contributed by atoms with Crippen molar-refractivity contribution in [1.29, 1.82) is 0 Å². The highest BCUT2D eigenvalue weighted by Crippen LogP contribution is 2.33. The van der Waals surface area contributed by atoms with Crippen LogP contribution in [0.3, 0.4) is 0 Å². The summed E-state index contributed by atoms with van der Waals surface area (Å²) in [5.74, 6) is 0.542. The first-order valence-corrected chi connectivity index (χ1v) is 8.69. The van der Waals surface area contributed by atoms with Crippen molar-refractivity contribution in [3.05, 3.63) is 52.8 Å². The molecule has 3 N–H and O–H groups in total. The monoisotopic (exact) mass is 359 g/mol. The molecular weight excluding hydrogens is 338 g/mol. The third-order valence-corrected chi connectivity index (χ3v) is 4.56. The molecule has 0 spiro atoms. The molecule has 2 heterocycles. The first kappa shape index (κ1) is 17.7. The number of aliphatic hydroxyl groups is 1. The van der Waals surface area contributed by atoms with Crippen molar-refractivity contribution in [3.8, 4) is 17.0 Å². The van der Waals surface area contributed by atoms with Gasteiger partial charge >= 0.3 is 0 Å². The summed E-state index contributed by atoms with van der Waals surface area (Å²) in [5.41, 5.74) is 9.98. The molecule has 5 nitrogen and oxygen atoms in total. The molecule has 25 heavy (non-hydrogen) atoms. The summed E-state index contributed by atoms with van der Waals surface area (Å²) in [7, 11) is 1.55. The van der Waals surface area contributed by atoms with E-state index in [0.29, 0.717) is 10.8 Å². The number of nitrogens with zero attached hydrogens (tertiary/aromatic N) is 2. The third kappa shape index (κ3) is 3.79. The van der Waals surface area contributed by atoms with Crippen LogP contribution in [0.15, 0.2) is 36.7 Å². The van der Waals surface area contributed by atoms with Crippen LogP contribution in [0.5, 0.6) is 5.75 Å². The lowest BCUT2D eigenvalue weighted by Gasteiger charge is -2.09. The number of aliphatic hydroxyl groups excluding tert-OH is 1. The molecule has 0 saturated carbocycles. The predicted molar refractivity (Wildman–Crippen MR) is 100 cm³/mol. The average molecular weight is 360 g/mol. The van der Waals surface area contributed by atoms with Gasteiger partial charge in [0.25, 0.3) is 0 Å². The summed E-state index contributed by atoms with van der Waals surface area (Å²) < 4.78 is 7.20. The van der Waals surface area contributed by atoms with E-state index < -0.39 is 0 Å². The van der Waals surface area contributed by atoms with Crippen molar-refractivity contribution in [3.63, 3.8) is 0 Å². The zero-order valence-corrected chi connectivity index (χ0v) is 15.0. The maximum absolute atomic E-state index is 9.69. The number of benzene rings is 1. The standard InChI is InChI=1S/C19H22ClN3O2/c1-25-18-9-14(12-24)15(10-16(18)20)17-11-23-7-5-13(4-2-3-6-21)8-19(23)22-17/h5,7-11,24H,2-4,6,12,21H2,1H3. The van der Waals surface area contributed by atoms with Gasteiger partial charge in [0.05, 0.1) is 24.4 Å². The van der Waals surface area contributed by atoms with E-state index in [0.717, 1.165) is 48.3 Å². The Balaban J connectivity index is 1.97. The van der Waals surface area contributed by atoms with Gasteiger partial charge in [0.2, 0.25) is 0 Å². The van der Waals surface area contributed by atoms with Crippen molar-refractivity contribution in [2.45, 2.75) is 25.9 Å². The molecule has 1 aromatic carbocycles. The van der Waals surface area contributed by atoms with Crippen molar-refractivity contribution >= 4 is 17.2 Å². The maximum atomic E-state index is 9.69. The normalized spacial score (nSPS) is 11.2. The number of methoxy groups -OCH3 is 1.